The first-order valence-electron chi connectivity index (χ1n) is 2.83. The van der Waals surface area contributed by atoms with E-state index in [1.165, 1.54) is 0 Å². The Hall–Kier alpha value is -0.0600. The number of amides is 1. The SMILES string of the molecule is CN1CCC=C(I)C1=O. The van der Waals surface area contributed by atoms with Crippen molar-refractivity contribution >= 4 is 28.5 Å². The van der Waals surface area contributed by atoms with Crippen molar-refractivity contribution in [3.8, 4) is 0 Å². The highest BCUT2D eigenvalue weighted by molar-refractivity contribution is 14.1. The third-order valence-corrected chi connectivity index (χ3v) is 2.24. The summed E-state index contributed by atoms with van der Waals surface area (Å²) in [4.78, 5) is 12.7. The molecule has 0 radical (unpaired) electrons. The third-order valence-electron chi connectivity index (χ3n) is 1.34. The molecule has 0 spiro atoms. The lowest BCUT2D eigenvalue weighted by Crippen LogP contribution is -2.30. The molecule has 9 heavy (non-hydrogen) atoms. The van der Waals surface area contributed by atoms with Crippen LogP contribution < -0.4 is 0 Å². The maximum absolute atomic E-state index is 11.0. The standard InChI is InChI=1S/C6H8INO/c1-8-4-2-3-5(7)6(8)9/h3H,2,4H2,1H3. The van der Waals surface area contributed by atoms with Crippen LogP contribution in [0.15, 0.2) is 9.66 Å². The lowest BCUT2D eigenvalue weighted by Gasteiger charge is -2.19. The van der Waals surface area contributed by atoms with Crippen molar-refractivity contribution in [1.29, 1.82) is 0 Å². The molecule has 1 rings (SSSR count). The smallest absolute Gasteiger partial charge is 0.259 e. The summed E-state index contributed by atoms with van der Waals surface area (Å²) in [5.74, 6) is 0.154. The Morgan fingerprint density at radius 3 is 2.89 bits per heavy atom. The largest absolute Gasteiger partial charge is 0.341 e. The molecule has 0 saturated carbocycles. The van der Waals surface area contributed by atoms with E-state index in [-0.39, 0.29) is 5.91 Å². The van der Waals surface area contributed by atoms with Gasteiger partial charge in [-0.1, -0.05) is 6.08 Å². The van der Waals surface area contributed by atoms with E-state index in [4.69, 9.17) is 0 Å². The molecular formula is C6H8INO. The van der Waals surface area contributed by atoms with Gasteiger partial charge in [-0.05, 0) is 29.0 Å². The molecule has 3 heteroatoms. The average Bonchev–Trinajstić information content (AvgIpc) is 1.83. The van der Waals surface area contributed by atoms with Crippen LogP contribution in [0.2, 0.25) is 0 Å². The predicted molar refractivity (Wildman–Crippen MR) is 44.4 cm³/mol. The van der Waals surface area contributed by atoms with Gasteiger partial charge in [-0.15, -0.1) is 0 Å². The fraction of sp³-hybridized carbons (Fsp3) is 0.500. The molecule has 1 aliphatic rings. The third kappa shape index (κ3) is 1.44. The molecule has 0 aromatic rings. The first-order valence-corrected chi connectivity index (χ1v) is 3.91. The summed E-state index contributed by atoms with van der Waals surface area (Å²) in [6.07, 6.45) is 2.98. The van der Waals surface area contributed by atoms with Crippen LogP contribution in [0.1, 0.15) is 6.42 Å². The molecule has 0 aromatic carbocycles. The van der Waals surface area contributed by atoms with Crippen LogP contribution in [0.3, 0.4) is 0 Å². The number of carbonyl (C=O) groups is 1. The summed E-state index contributed by atoms with van der Waals surface area (Å²) in [7, 11) is 1.83. The molecule has 0 fully saturated rings. The van der Waals surface area contributed by atoms with Crippen molar-refractivity contribution in [2.45, 2.75) is 6.42 Å². The molecule has 2 nitrogen and oxygen atoms in total. The summed E-state index contributed by atoms with van der Waals surface area (Å²) in [6.45, 7) is 0.866. The van der Waals surface area contributed by atoms with Gasteiger partial charge in [0.2, 0.25) is 0 Å². The van der Waals surface area contributed by atoms with Gasteiger partial charge < -0.3 is 4.90 Å². The summed E-state index contributed by atoms with van der Waals surface area (Å²) >= 11 is 2.07. The molecule has 1 heterocycles. The predicted octanol–water partition coefficient (Wildman–Crippen LogP) is 1.17. The normalized spacial score (nSPS) is 20.0. The second-order valence-electron chi connectivity index (χ2n) is 2.07. The monoisotopic (exact) mass is 237 g/mol. The van der Waals surface area contributed by atoms with E-state index in [0.717, 1.165) is 16.5 Å². The highest BCUT2D eigenvalue weighted by Gasteiger charge is 2.14. The Kier molecular flexibility index (Phi) is 2.10. The van der Waals surface area contributed by atoms with Crippen molar-refractivity contribution in [2.75, 3.05) is 13.6 Å². The van der Waals surface area contributed by atoms with Gasteiger partial charge in [-0.25, -0.2) is 0 Å². The van der Waals surface area contributed by atoms with Crippen LogP contribution in [-0.4, -0.2) is 24.4 Å². The minimum Gasteiger partial charge on any atom is -0.341 e. The number of likely N-dealkylation sites (N-methyl/N-ethyl adjacent to an activating group) is 1. The van der Waals surface area contributed by atoms with E-state index in [0.29, 0.717) is 0 Å². The van der Waals surface area contributed by atoms with Gasteiger partial charge in [0, 0.05) is 13.6 Å². The Bertz CT molecular complexity index is 164. The molecule has 1 amide bonds. The number of nitrogens with zero attached hydrogens (tertiary/aromatic N) is 1. The quantitative estimate of drug-likeness (QED) is 0.579. The fourth-order valence-corrected chi connectivity index (χ4v) is 1.48. The van der Waals surface area contributed by atoms with Gasteiger partial charge >= 0.3 is 0 Å². The molecule has 0 aliphatic carbocycles. The van der Waals surface area contributed by atoms with Crippen molar-refractivity contribution in [3.63, 3.8) is 0 Å². The minimum atomic E-state index is 0.154. The number of rotatable bonds is 0. The van der Waals surface area contributed by atoms with Gasteiger partial charge in [0.15, 0.2) is 0 Å². The van der Waals surface area contributed by atoms with Crippen LogP contribution in [0.4, 0.5) is 0 Å². The molecule has 1 aliphatic heterocycles. The molecule has 0 bridgehead atoms. The first-order chi connectivity index (χ1) is 4.22. The van der Waals surface area contributed by atoms with Gasteiger partial charge in [0.25, 0.3) is 5.91 Å². The highest BCUT2D eigenvalue weighted by atomic mass is 127. The Balaban J connectivity index is 2.74. The van der Waals surface area contributed by atoms with Crippen LogP contribution in [0.5, 0.6) is 0 Å². The fourth-order valence-electron chi connectivity index (χ4n) is 0.756. The van der Waals surface area contributed by atoms with E-state index >= 15 is 0 Å². The molecule has 0 N–H and O–H groups in total. The molecular weight excluding hydrogens is 229 g/mol. The number of hydrogen-bond acceptors (Lipinski definition) is 1. The number of carbonyl (C=O) groups excluding carboxylic acids is 1. The highest BCUT2D eigenvalue weighted by Crippen LogP contribution is 2.15. The van der Waals surface area contributed by atoms with E-state index in [2.05, 4.69) is 22.6 Å². The zero-order valence-electron chi connectivity index (χ0n) is 5.22. The Morgan fingerprint density at radius 1 is 1.78 bits per heavy atom. The maximum Gasteiger partial charge on any atom is 0.259 e. The van der Waals surface area contributed by atoms with Crippen LogP contribution in [0.25, 0.3) is 0 Å². The lowest BCUT2D eigenvalue weighted by molar-refractivity contribution is -0.125. The summed E-state index contributed by atoms with van der Waals surface area (Å²) in [5, 5.41) is 0. The van der Waals surface area contributed by atoms with E-state index in [1.54, 1.807) is 4.90 Å². The zero-order valence-corrected chi connectivity index (χ0v) is 7.38. The molecule has 50 valence electrons. The van der Waals surface area contributed by atoms with Crippen LogP contribution in [-0.2, 0) is 4.79 Å². The first kappa shape index (κ1) is 7.05. The summed E-state index contributed by atoms with van der Waals surface area (Å²) in [6, 6.07) is 0. The second-order valence-corrected chi connectivity index (χ2v) is 3.23. The van der Waals surface area contributed by atoms with E-state index < -0.39 is 0 Å². The second kappa shape index (κ2) is 2.68. The van der Waals surface area contributed by atoms with Crippen molar-refractivity contribution in [2.24, 2.45) is 0 Å². The molecule has 0 atom stereocenters. The summed E-state index contributed by atoms with van der Waals surface area (Å²) < 4.78 is 0.848. The summed E-state index contributed by atoms with van der Waals surface area (Å²) in [5.41, 5.74) is 0. The molecule has 0 aromatic heterocycles. The van der Waals surface area contributed by atoms with Gasteiger partial charge in [-0.3, -0.25) is 4.79 Å². The van der Waals surface area contributed by atoms with E-state index in [1.807, 2.05) is 13.1 Å². The Morgan fingerprint density at radius 2 is 2.44 bits per heavy atom. The van der Waals surface area contributed by atoms with E-state index in [9.17, 15) is 4.79 Å². The molecule has 0 unspecified atom stereocenters. The number of halogens is 1. The topological polar surface area (TPSA) is 20.3 Å². The lowest BCUT2D eigenvalue weighted by atomic mass is 10.3. The van der Waals surface area contributed by atoms with Crippen molar-refractivity contribution < 1.29 is 4.79 Å². The van der Waals surface area contributed by atoms with Crippen molar-refractivity contribution in [3.05, 3.63) is 9.66 Å². The van der Waals surface area contributed by atoms with Crippen molar-refractivity contribution in [1.82, 2.24) is 4.90 Å². The van der Waals surface area contributed by atoms with Gasteiger partial charge in [0.05, 0.1) is 3.58 Å². The van der Waals surface area contributed by atoms with Crippen LogP contribution >= 0.6 is 22.6 Å². The van der Waals surface area contributed by atoms with Gasteiger partial charge in [-0.2, -0.15) is 0 Å². The molecule has 0 saturated heterocycles. The Labute approximate surface area is 68.1 Å². The maximum atomic E-state index is 11.0. The van der Waals surface area contributed by atoms with Gasteiger partial charge in [0.1, 0.15) is 0 Å². The van der Waals surface area contributed by atoms with Crippen LogP contribution in [0, 0.1) is 0 Å². The minimum absolute atomic E-state index is 0.154. The number of hydrogen-bond donors (Lipinski definition) is 0. The zero-order chi connectivity index (χ0) is 6.85. The average molecular weight is 237 g/mol.